The number of carbonyl (C=O) groups is 1. The maximum absolute atomic E-state index is 12.7. The second-order valence-electron chi connectivity index (χ2n) is 7.09. The fourth-order valence-electron chi connectivity index (χ4n) is 3.48. The van der Waals surface area contributed by atoms with E-state index in [-0.39, 0.29) is 28.8 Å². The molecule has 2 N–H and O–H groups in total. The molecule has 1 fully saturated rings. The molecule has 3 aromatic rings. The third kappa shape index (κ3) is 4.44. The van der Waals surface area contributed by atoms with Gasteiger partial charge in [0.15, 0.2) is 5.76 Å². The first-order valence-electron chi connectivity index (χ1n) is 9.65. The van der Waals surface area contributed by atoms with Crippen molar-refractivity contribution < 1.29 is 18.7 Å². The van der Waals surface area contributed by atoms with Crippen LogP contribution in [0.25, 0.3) is 5.13 Å². The van der Waals surface area contributed by atoms with Gasteiger partial charge in [0.25, 0.3) is 5.91 Å². The van der Waals surface area contributed by atoms with Gasteiger partial charge in [-0.1, -0.05) is 11.3 Å². The summed E-state index contributed by atoms with van der Waals surface area (Å²) >= 11 is 1.14. The van der Waals surface area contributed by atoms with Crippen LogP contribution in [0, 0.1) is 6.92 Å². The van der Waals surface area contributed by atoms with E-state index in [4.69, 9.17) is 13.9 Å². The van der Waals surface area contributed by atoms with Crippen LogP contribution in [-0.2, 0) is 4.74 Å². The van der Waals surface area contributed by atoms with Crippen molar-refractivity contribution in [1.82, 2.24) is 20.0 Å². The van der Waals surface area contributed by atoms with Gasteiger partial charge in [-0.05, 0) is 32.3 Å². The van der Waals surface area contributed by atoms with Crippen molar-refractivity contribution in [1.29, 1.82) is 0 Å². The van der Waals surface area contributed by atoms with E-state index in [0.29, 0.717) is 10.8 Å². The van der Waals surface area contributed by atoms with Crippen molar-refractivity contribution in [3.63, 3.8) is 0 Å². The molecular formula is C19H22N6O5S. The fourth-order valence-corrected chi connectivity index (χ4v) is 4.24. The van der Waals surface area contributed by atoms with Crippen LogP contribution >= 0.6 is 11.3 Å². The van der Waals surface area contributed by atoms with Gasteiger partial charge in [-0.25, -0.2) is 9.48 Å². The lowest BCUT2D eigenvalue weighted by atomic mass is 10.2. The highest BCUT2D eigenvalue weighted by atomic mass is 32.1. The Hall–Kier alpha value is -3.25. The molecule has 0 aliphatic heterocycles. The predicted molar refractivity (Wildman–Crippen MR) is 113 cm³/mol. The molecule has 0 spiro atoms. The second-order valence-corrected chi connectivity index (χ2v) is 8.04. The van der Waals surface area contributed by atoms with Crippen molar-refractivity contribution in [3.8, 4) is 10.9 Å². The Balaban J connectivity index is 1.53. The largest absolute Gasteiger partial charge is 0.488 e. The van der Waals surface area contributed by atoms with E-state index < -0.39 is 11.5 Å². The Morgan fingerprint density at radius 3 is 2.84 bits per heavy atom. The first-order valence-corrected chi connectivity index (χ1v) is 10.5. The number of amides is 1. The summed E-state index contributed by atoms with van der Waals surface area (Å²) in [5, 5.41) is 18.8. The number of nitrogens with zero attached hydrogens (tertiary/aromatic N) is 4. The van der Waals surface area contributed by atoms with E-state index >= 15 is 0 Å². The number of aryl methyl sites for hydroxylation is 1. The van der Waals surface area contributed by atoms with Gasteiger partial charge in [0.05, 0.1) is 18.9 Å². The van der Waals surface area contributed by atoms with Crippen LogP contribution < -0.4 is 21.0 Å². The Labute approximate surface area is 181 Å². The smallest absolute Gasteiger partial charge is 0.381 e. The van der Waals surface area contributed by atoms with Crippen molar-refractivity contribution in [3.05, 3.63) is 40.2 Å². The standard InChI is InChI=1S/C19H22N6O5S/c1-10-6-7-20-25(10)19-24-23-18(31-19)22-16(26)14-9-13(15(29-3)17(27)30-14)21-11-4-5-12(8-11)28-2/h6-7,9,11-12,21H,4-5,8H2,1-3H3,(H,22,23,26). The molecule has 12 heteroatoms. The minimum Gasteiger partial charge on any atom is -0.488 e. The zero-order valence-corrected chi connectivity index (χ0v) is 18.1. The number of nitrogens with one attached hydrogen (secondary N) is 2. The fraction of sp³-hybridized carbons (Fsp3) is 0.421. The Kier molecular flexibility index (Phi) is 6.00. The molecule has 0 bridgehead atoms. The number of carbonyl (C=O) groups excluding carboxylic acids is 1. The minimum atomic E-state index is -0.746. The van der Waals surface area contributed by atoms with Crippen molar-refractivity contribution in [2.45, 2.75) is 38.3 Å². The lowest BCUT2D eigenvalue weighted by Crippen LogP contribution is -2.21. The normalized spacial score (nSPS) is 18.2. The van der Waals surface area contributed by atoms with E-state index in [9.17, 15) is 9.59 Å². The van der Waals surface area contributed by atoms with Crippen LogP contribution in [-0.4, -0.2) is 52.3 Å². The molecule has 1 saturated carbocycles. The van der Waals surface area contributed by atoms with Gasteiger partial charge in [-0.2, -0.15) is 5.10 Å². The zero-order chi connectivity index (χ0) is 22.0. The number of methoxy groups -OCH3 is 2. The number of rotatable bonds is 7. The minimum absolute atomic E-state index is 0.0183. The van der Waals surface area contributed by atoms with E-state index in [1.165, 1.54) is 13.2 Å². The number of ether oxygens (including phenoxy) is 2. The average Bonchev–Trinajstić information content (AvgIpc) is 3.49. The topological polar surface area (TPSA) is 133 Å². The zero-order valence-electron chi connectivity index (χ0n) is 17.2. The Morgan fingerprint density at radius 1 is 1.32 bits per heavy atom. The first kappa shape index (κ1) is 21.0. The molecule has 0 aromatic carbocycles. The summed E-state index contributed by atoms with van der Waals surface area (Å²) in [6.07, 6.45) is 4.40. The maximum Gasteiger partial charge on any atom is 0.381 e. The molecule has 11 nitrogen and oxygen atoms in total. The van der Waals surface area contributed by atoms with Crippen LogP contribution in [0.15, 0.2) is 27.5 Å². The third-order valence-corrected chi connectivity index (χ3v) is 5.88. The van der Waals surface area contributed by atoms with E-state index in [1.54, 1.807) is 18.0 Å². The highest BCUT2D eigenvalue weighted by molar-refractivity contribution is 7.17. The average molecular weight is 446 g/mol. The van der Waals surface area contributed by atoms with E-state index in [0.717, 1.165) is 36.3 Å². The summed E-state index contributed by atoms with van der Waals surface area (Å²) in [7, 11) is 3.06. The number of hydrogen-bond donors (Lipinski definition) is 2. The molecule has 1 aliphatic carbocycles. The molecule has 2 atom stereocenters. The van der Waals surface area contributed by atoms with Gasteiger partial charge in [0.2, 0.25) is 16.0 Å². The summed E-state index contributed by atoms with van der Waals surface area (Å²) in [5.74, 6) is -0.768. The van der Waals surface area contributed by atoms with Gasteiger partial charge >= 0.3 is 5.63 Å². The van der Waals surface area contributed by atoms with Crippen molar-refractivity contribution in [2.75, 3.05) is 24.9 Å². The van der Waals surface area contributed by atoms with Gasteiger partial charge < -0.3 is 19.2 Å². The summed E-state index contributed by atoms with van der Waals surface area (Å²) in [6.45, 7) is 1.88. The molecule has 0 radical (unpaired) electrons. The number of hydrogen-bond acceptors (Lipinski definition) is 10. The highest BCUT2D eigenvalue weighted by Gasteiger charge is 2.27. The molecule has 1 aliphatic rings. The number of aromatic nitrogens is 4. The van der Waals surface area contributed by atoms with Gasteiger partial charge in [0.1, 0.15) is 0 Å². The van der Waals surface area contributed by atoms with E-state index in [2.05, 4.69) is 25.9 Å². The summed E-state index contributed by atoms with van der Waals surface area (Å²) in [5.41, 5.74) is 0.536. The molecular weight excluding hydrogens is 424 g/mol. The molecule has 1 amide bonds. The quantitative estimate of drug-likeness (QED) is 0.560. The summed E-state index contributed by atoms with van der Waals surface area (Å²) in [4.78, 5) is 25.1. The summed E-state index contributed by atoms with van der Waals surface area (Å²) < 4.78 is 17.3. The maximum atomic E-state index is 12.7. The molecule has 164 valence electrons. The third-order valence-electron chi connectivity index (χ3n) is 5.06. The number of anilines is 2. The lowest BCUT2D eigenvalue weighted by molar-refractivity contribution is 0.0991. The molecule has 31 heavy (non-hydrogen) atoms. The molecule has 3 heterocycles. The lowest BCUT2D eigenvalue weighted by Gasteiger charge is -2.16. The van der Waals surface area contributed by atoms with Gasteiger partial charge in [-0.15, -0.1) is 10.2 Å². The molecule has 4 rings (SSSR count). The molecule has 3 aromatic heterocycles. The highest BCUT2D eigenvalue weighted by Crippen LogP contribution is 2.29. The van der Waals surface area contributed by atoms with Crippen LogP contribution in [0.5, 0.6) is 5.75 Å². The van der Waals surface area contributed by atoms with Gasteiger partial charge in [0, 0.05) is 31.1 Å². The predicted octanol–water partition coefficient (Wildman–Crippen LogP) is 2.23. The van der Waals surface area contributed by atoms with Gasteiger partial charge in [-0.3, -0.25) is 10.1 Å². The van der Waals surface area contributed by atoms with E-state index in [1.807, 2.05) is 13.0 Å². The van der Waals surface area contributed by atoms with Crippen LogP contribution in [0.1, 0.15) is 35.5 Å². The first-order chi connectivity index (χ1) is 15.0. The molecule has 0 saturated heterocycles. The Morgan fingerprint density at radius 2 is 2.16 bits per heavy atom. The van der Waals surface area contributed by atoms with Crippen molar-refractivity contribution >= 4 is 28.1 Å². The molecule has 2 unspecified atom stereocenters. The SMILES string of the molecule is COc1c(NC2CCC(OC)C2)cc(C(=O)Nc2nnc(-n3nccc3C)s2)oc1=O. The van der Waals surface area contributed by atoms with Crippen LogP contribution in [0.4, 0.5) is 10.8 Å². The summed E-state index contributed by atoms with van der Waals surface area (Å²) in [6, 6.07) is 3.38. The van der Waals surface area contributed by atoms with Crippen molar-refractivity contribution in [2.24, 2.45) is 0 Å². The Bertz CT molecular complexity index is 1140. The monoisotopic (exact) mass is 446 g/mol. The van der Waals surface area contributed by atoms with Crippen LogP contribution in [0.3, 0.4) is 0 Å². The van der Waals surface area contributed by atoms with Crippen LogP contribution in [0.2, 0.25) is 0 Å². The second kappa shape index (κ2) is 8.86.